The van der Waals surface area contributed by atoms with Gasteiger partial charge in [-0.05, 0) is 60.0 Å². The normalized spacial score (nSPS) is 11.9. The largest absolute Gasteiger partial charge is 0.493 e. The molecule has 0 fully saturated rings. The van der Waals surface area contributed by atoms with Gasteiger partial charge in [-0.25, -0.2) is 9.78 Å². The summed E-state index contributed by atoms with van der Waals surface area (Å²) in [6.45, 7) is 6.91. The van der Waals surface area contributed by atoms with Crippen molar-refractivity contribution in [2.24, 2.45) is 0 Å². The van der Waals surface area contributed by atoms with Crippen LogP contribution in [-0.2, 0) is 4.74 Å². The summed E-state index contributed by atoms with van der Waals surface area (Å²) in [5.41, 5.74) is 1.14. The molecule has 0 bridgehead atoms. The molecule has 0 spiro atoms. The predicted octanol–water partition coefficient (Wildman–Crippen LogP) is 4.43. The Kier molecular flexibility index (Phi) is 6.59. The number of carbonyl (C=O) groups is 1. The average molecular weight is 429 g/mol. The van der Waals surface area contributed by atoms with Gasteiger partial charge in [0.25, 0.3) is 0 Å². The second-order valence-electron chi connectivity index (χ2n) is 8.72. The average Bonchev–Trinajstić information content (AvgIpc) is 3.06. The highest BCUT2D eigenvalue weighted by Gasteiger charge is 2.27. The van der Waals surface area contributed by atoms with E-state index in [0.29, 0.717) is 23.9 Å². The van der Waals surface area contributed by atoms with Crippen molar-refractivity contribution in [2.45, 2.75) is 32.8 Å². The molecule has 0 unspecified atom stereocenters. The van der Waals surface area contributed by atoms with E-state index in [1.165, 1.54) is 0 Å². The predicted molar refractivity (Wildman–Crippen MR) is 123 cm³/mol. The van der Waals surface area contributed by atoms with E-state index in [9.17, 15) is 4.79 Å². The van der Waals surface area contributed by atoms with Gasteiger partial charge in [0.05, 0.1) is 30.6 Å². The molecule has 3 rings (SSSR count). The maximum absolute atomic E-state index is 13.2. The molecule has 1 N–H and O–H groups in total. The van der Waals surface area contributed by atoms with Gasteiger partial charge in [0.15, 0.2) is 11.5 Å². The lowest BCUT2D eigenvalue weighted by molar-refractivity contribution is 0.0578. The molecular weight excluding hydrogens is 396 g/mol. The third kappa shape index (κ3) is 5.02. The number of aromatic amines is 1. The lowest BCUT2D eigenvalue weighted by atomic mass is 10.1. The maximum Gasteiger partial charge on any atom is 0.416 e. The van der Waals surface area contributed by atoms with Gasteiger partial charge in [-0.3, -0.25) is 4.90 Å². The number of nitrogens with one attached hydrogen (secondary N) is 1. The Labute approximate surface area is 183 Å². The first-order chi connectivity index (χ1) is 14.6. The minimum atomic E-state index is -0.610. The van der Waals surface area contributed by atoms with Gasteiger partial charge >= 0.3 is 6.09 Å². The number of benzene rings is 1. The van der Waals surface area contributed by atoms with Crippen molar-refractivity contribution in [3.05, 3.63) is 24.4 Å². The highest BCUT2D eigenvalue weighted by atomic mass is 16.6. The molecule has 2 heterocycles. The van der Waals surface area contributed by atoms with E-state index in [1.54, 1.807) is 25.3 Å². The first kappa shape index (κ1) is 22.7. The molecule has 0 aliphatic rings. The van der Waals surface area contributed by atoms with Crippen molar-refractivity contribution in [1.82, 2.24) is 14.9 Å². The molecule has 3 aromatic rings. The van der Waals surface area contributed by atoms with E-state index in [2.05, 4.69) is 14.9 Å². The van der Waals surface area contributed by atoms with Crippen molar-refractivity contribution < 1.29 is 19.0 Å². The number of pyridine rings is 1. The Balaban J connectivity index is 2.15. The van der Waals surface area contributed by atoms with Crippen molar-refractivity contribution in [3.63, 3.8) is 0 Å². The van der Waals surface area contributed by atoms with Crippen LogP contribution in [0.2, 0.25) is 0 Å². The fraction of sp³-hybridized carbons (Fsp3) is 0.478. The second-order valence-corrected chi connectivity index (χ2v) is 8.72. The monoisotopic (exact) mass is 428 g/mol. The van der Waals surface area contributed by atoms with E-state index in [-0.39, 0.29) is 0 Å². The molecule has 0 radical (unpaired) electrons. The molecular formula is C23H32N4O4. The lowest BCUT2D eigenvalue weighted by Crippen LogP contribution is -2.38. The van der Waals surface area contributed by atoms with Crippen LogP contribution in [0.15, 0.2) is 24.4 Å². The molecule has 31 heavy (non-hydrogen) atoms. The zero-order chi connectivity index (χ0) is 22.8. The molecule has 0 saturated heterocycles. The number of fused-ring (bicyclic) bond motifs is 3. The van der Waals surface area contributed by atoms with Gasteiger partial charge in [-0.2, -0.15) is 0 Å². The van der Waals surface area contributed by atoms with Crippen molar-refractivity contribution in [1.29, 1.82) is 0 Å². The van der Waals surface area contributed by atoms with Crippen molar-refractivity contribution >= 4 is 33.7 Å². The third-order valence-electron chi connectivity index (χ3n) is 4.85. The zero-order valence-electron chi connectivity index (χ0n) is 19.4. The highest BCUT2D eigenvalue weighted by Crippen LogP contribution is 2.39. The Morgan fingerprint density at radius 1 is 1.06 bits per heavy atom. The molecule has 168 valence electrons. The van der Waals surface area contributed by atoms with Gasteiger partial charge in [-0.1, -0.05) is 0 Å². The summed E-state index contributed by atoms with van der Waals surface area (Å²) >= 11 is 0. The molecule has 1 amide bonds. The number of H-pyrrole nitrogens is 1. The van der Waals surface area contributed by atoms with E-state index >= 15 is 0 Å². The van der Waals surface area contributed by atoms with Crippen LogP contribution >= 0.6 is 0 Å². The van der Waals surface area contributed by atoms with Gasteiger partial charge in [0.2, 0.25) is 0 Å². The second kappa shape index (κ2) is 9.01. The Hall–Kier alpha value is -3.00. The van der Waals surface area contributed by atoms with Crippen LogP contribution in [0.1, 0.15) is 27.2 Å². The number of aromatic nitrogens is 2. The number of anilines is 1. The maximum atomic E-state index is 13.2. The van der Waals surface area contributed by atoms with Crippen LogP contribution < -0.4 is 14.4 Å². The molecule has 1 aromatic carbocycles. The lowest BCUT2D eigenvalue weighted by Gasteiger charge is -2.27. The van der Waals surface area contributed by atoms with Crippen LogP contribution in [0.3, 0.4) is 0 Å². The van der Waals surface area contributed by atoms with E-state index < -0.39 is 11.7 Å². The minimum Gasteiger partial charge on any atom is -0.493 e. The summed E-state index contributed by atoms with van der Waals surface area (Å²) in [6.07, 6.45) is 2.07. The van der Waals surface area contributed by atoms with E-state index in [1.807, 2.05) is 53.1 Å². The fourth-order valence-electron chi connectivity index (χ4n) is 3.51. The molecule has 0 aliphatic carbocycles. The van der Waals surface area contributed by atoms with Crippen molar-refractivity contribution in [3.8, 4) is 11.5 Å². The zero-order valence-corrected chi connectivity index (χ0v) is 19.4. The van der Waals surface area contributed by atoms with Gasteiger partial charge < -0.3 is 24.1 Å². The summed E-state index contributed by atoms with van der Waals surface area (Å²) in [5, 5.41) is 1.74. The first-order valence-electron chi connectivity index (χ1n) is 10.3. The van der Waals surface area contributed by atoms with Crippen LogP contribution in [-0.4, -0.2) is 68.0 Å². The molecule has 8 nitrogen and oxygen atoms in total. The number of ether oxygens (including phenoxy) is 3. The topological polar surface area (TPSA) is 79.9 Å². The van der Waals surface area contributed by atoms with E-state index in [4.69, 9.17) is 14.2 Å². The Morgan fingerprint density at radius 2 is 1.74 bits per heavy atom. The minimum absolute atomic E-state index is 0.416. The Bertz CT molecular complexity index is 1070. The molecule has 0 aliphatic heterocycles. The number of methoxy groups -OCH3 is 2. The van der Waals surface area contributed by atoms with Gasteiger partial charge in [0, 0.05) is 24.2 Å². The molecule has 0 atom stereocenters. The van der Waals surface area contributed by atoms with Crippen LogP contribution in [0.4, 0.5) is 10.6 Å². The van der Waals surface area contributed by atoms with Crippen LogP contribution in [0, 0.1) is 0 Å². The van der Waals surface area contributed by atoms with Gasteiger partial charge in [0.1, 0.15) is 11.4 Å². The SMILES string of the molecule is COc1cc2[nH]c3ccnc(N(CCCN(C)C)C(=O)OC(C)(C)C)c3c2cc1OC. The number of nitrogens with zero attached hydrogens (tertiary/aromatic N) is 3. The quantitative estimate of drug-likeness (QED) is 0.600. The van der Waals surface area contributed by atoms with Crippen LogP contribution in [0.25, 0.3) is 21.8 Å². The van der Waals surface area contributed by atoms with Gasteiger partial charge in [-0.15, -0.1) is 0 Å². The molecule has 0 saturated carbocycles. The number of hydrogen-bond acceptors (Lipinski definition) is 6. The summed E-state index contributed by atoms with van der Waals surface area (Å²) in [5.74, 6) is 1.80. The summed E-state index contributed by atoms with van der Waals surface area (Å²) < 4.78 is 16.6. The summed E-state index contributed by atoms with van der Waals surface area (Å²) in [7, 11) is 7.23. The standard InChI is InChI=1S/C23H32N4O4/c1-23(2,3)31-22(28)27(12-8-11-26(4)5)21-20-15-13-18(29-6)19(30-7)14-17(15)25-16(20)9-10-24-21/h9-10,13-14,25H,8,11-12H2,1-7H3. The number of carbonyl (C=O) groups excluding carboxylic acids is 1. The summed E-state index contributed by atoms with van der Waals surface area (Å²) in [4.78, 5) is 24.9. The molecule has 8 heteroatoms. The summed E-state index contributed by atoms with van der Waals surface area (Å²) in [6, 6.07) is 5.69. The van der Waals surface area contributed by atoms with E-state index in [0.717, 1.165) is 34.8 Å². The Morgan fingerprint density at radius 3 is 2.35 bits per heavy atom. The third-order valence-corrected chi connectivity index (χ3v) is 4.85. The highest BCUT2D eigenvalue weighted by molar-refractivity contribution is 6.15. The number of rotatable bonds is 7. The van der Waals surface area contributed by atoms with Crippen LogP contribution in [0.5, 0.6) is 11.5 Å². The number of amides is 1. The fourth-order valence-corrected chi connectivity index (χ4v) is 3.51. The number of hydrogen-bond donors (Lipinski definition) is 1. The smallest absolute Gasteiger partial charge is 0.416 e. The molecule has 2 aromatic heterocycles. The first-order valence-corrected chi connectivity index (χ1v) is 10.3. The van der Waals surface area contributed by atoms with Crippen molar-refractivity contribution in [2.75, 3.05) is 46.3 Å².